The van der Waals surface area contributed by atoms with Crippen LogP contribution in [0, 0.1) is 10.8 Å². The second-order valence-electron chi connectivity index (χ2n) is 18.7. The molecule has 8 nitrogen and oxygen atoms in total. The molecule has 0 spiro atoms. The summed E-state index contributed by atoms with van der Waals surface area (Å²) in [7, 11) is 0. The van der Waals surface area contributed by atoms with Crippen LogP contribution in [0.3, 0.4) is 0 Å². The lowest BCUT2D eigenvalue weighted by molar-refractivity contribution is -0.150. The van der Waals surface area contributed by atoms with Gasteiger partial charge in [-0.15, -0.1) is 0 Å². The van der Waals surface area contributed by atoms with Crippen molar-refractivity contribution in [2.45, 2.75) is 78.1 Å². The van der Waals surface area contributed by atoms with E-state index >= 15 is 0 Å². The van der Waals surface area contributed by atoms with Gasteiger partial charge in [0.1, 0.15) is 11.5 Å². The molecule has 0 bridgehead atoms. The van der Waals surface area contributed by atoms with Crippen molar-refractivity contribution in [2.24, 2.45) is 10.8 Å². The number of para-hydroxylation sites is 2. The molecule has 8 rings (SSSR count). The van der Waals surface area contributed by atoms with Crippen molar-refractivity contribution in [2.75, 3.05) is 75.9 Å². The maximum absolute atomic E-state index is 6.17. The Bertz CT molecular complexity index is 2150. The number of ether oxygens (including phenoxy) is 6. The molecule has 8 heteroatoms. The summed E-state index contributed by atoms with van der Waals surface area (Å²) >= 11 is 0. The number of unbranched alkanes of at least 4 members (excludes halogenated alkanes) is 6. The molecule has 0 unspecified atom stereocenters. The van der Waals surface area contributed by atoms with Crippen molar-refractivity contribution in [3.8, 4) is 22.6 Å². The summed E-state index contributed by atoms with van der Waals surface area (Å²) in [5.41, 5.74) is 9.37. The van der Waals surface area contributed by atoms with E-state index in [9.17, 15) is 0 Å². The highest BCUT2D eigenvalue weighted by Gasteiger charge is 2.37. The highest BCUT2D eigenvalue weighted by molar-refractivity contribution is 5.81. The van der Waals surface area contributed by atoms with Gasteiger partial charge < -0.3 is 38.2 Å². The Morgan fingerprint density at radius 2 is 0.676 bits per heavy atom. The first kappa shape index (κ1) is 48.8. The molecular formula is C60H72N2O6. The largest absolute Gasteiger partial charge is 0.494 e. The van der Waals surface area contributed by atoms with Crippen LogP contribution >= 0.6 is 0 Å². The molecule has 0 saturated carbocycles. The normalized spacial score (nSPS) is 14.7. The van der Waals surface area contributed by atoms with Gasteiger partial charge in [0.25, 0.3) is 0 Å². The molecule has 2 saturated heterocycles. The number of benzene rings is 6. The zero-order chi connectivity index (χ0) is 46.7. The first-order chi connectivity index (χ1) is 33.6. The van der Waals surface area contributed by atoms with Gasteiger partial charge in [-0.25, -0.2) is 0 Å². The Morgan fingerprint density at radius 3 is 0.985 bits per heavy atom. The monoisotopic (exact) mass is 917 g/mol. The van der Waals surface area contributed by atoms with Crippen LogP contribution < -0.4 is 19.3 Å². The predicted molar refractivity (Wildman–Crippen MR) is 278 cm³/mol. The highest BCUT2D eigenvalue weighted by Crippen LogP contribution is 2.39. The molecule has 0 N–H and O–H groups in total. The molecule has 358 valence electrons. The second-order valence-corrected chi connectivity index (χ2v) is 18.7. The first-order valence-electron chi connectivity index (χ1n) is 25.2. The molecule has 6 aromatic rings. The van der Waals surface area contributed by atoms with E-state index in [2.05, 4.69) is 181 Å². The highest BCUT2D eigenvalue weighted by atomic mass is 16.5. The van der Waals surface area contributed by atoms with E-state index in [-0.39, 0.29) is 10.8 Å². The van der Waals surface area contributed by atoms with E-state index in [1.54, 1.807) is 0 Å². The van der Waals surface area contributed by atoms with Gasteiger partial charge in [-0.2, -0.15) is 0 Å². The minimum absolute atomic E-state index is 0.266. The molecule has 2 fully saturated rings. The van der Waals surface area contributed by atoms with Crippen molar-refractivity contribution < 1.29 is 28.4 Å². The number of hydrogen-bond donors (Lipinski definition) is 0. The quantitative estimate of drug-likeness (QED) is 0.0431. The van der Waals surface area contributed by atoms with E-state index in [4.69, 9.17) is 28.4 Å². The zero-order valence-corrected chi connectivity index (χ0v) is 40.5. The molecule has 6 aromatic carbocycles. The average Bonchev–Trinajstić information content (AvgIpc) is 3.36. The summed E-state index contributed by atoms with van der Waals surface area (Å²) in [5.74, 6) is 1.78. The molecule has 0 atom stereocenters. The SMILES string of the molecule is CCC1(COCCCCCCOc2ccc(N(c3ccccc3)c3ccc(-c4ccc(N(c5ccccc5)c5ccc(OCCCCCCOCC6(CC)COC6)cc5)cc4)cc3)cc2)COC1. The van der Waals surface area contributed by atoms with Crippen LogP contribution in [-0.4, -0.2) is 66.1 Å². The fourth-order valence-corrected chi connectivity index (χ4v) is 8.87. The lowest BCUT2D eigenvalue weighted by atomic mass is 9.84. The van der Waals surface area contributed by atoms with Crippen LogP contribution in [-0.2, 0) is 18.9 Å². The van der Waals surface area contributed by atoms with Crippen LogP contribution in [0.5, 0.6) is 11.5 Å². The Hall–Kier alpha value is -5.64. The van der Waals surface area contributed by atoms with Crippen molar-refractivity contribution in [3.05, 3.63) is 158 Å². The average molecular weight is 917 g/mol. The fourth-order valence-electron chi connectivity index (χ4n) is 8.87. The van der Waals surface area contributed by atoms with Gasteiger partial charge in [-0.1, -0.05) is 87.4 Å². The topological polar surface area (TPSA) is 61.9 Å². The summed E-state index contributed by atoms with van der Waals surface area (Å²) in [6.07, 6.45) is 11.1. The minimum atomic E-state index is 0.266. The van der Waals surface area contributed by atoms with E-state index in [0.29, 0.717) is 13.2 Å². The van der Waals surface area contributed by atoms with Gasteiger partial charge in [0.15, 0.2) is 0 Å². The van der Waals surface area contributed by atoms with E-state index in [0.717, 1.165) is 174 Å². The predicted octanol–water partition coefficient (Wildman–Crippen LogP) is 15.1. The molecule has 2 heterocycles. The Morgan fingerprint density at radius 1 is 0.368 bits per heavy atom. The van der Waals surface area contributed by atoms with E-state index < -0.39 is 0 Å². The standard InChI is InChI=1S/C60H72N2O6/c1-3-59(45-65-46-59)43-63-39-15-5-7-17-41-67-57-35-31-55(32-36-57)61(51-19-11-9-12-20-51)53-27-23-49(24-28-53)50-25-29-54(30-26-50)62(52-21-13-10-14-22-52)56-33-37-58(38-34-56)68-42-18-8-6-16-40-64-44-60(4-2)47-66-48-60/h9-14,19-38H,3-8,15-18,39-48H2,1-2H3. The lowest BCUT2D eigenvalue weighted by Crippen LogP contribution is -2.45. The third-order valence-corrected chi connectivity index (χ3v) is 13.7. The summed E-state index contributed by atoms with van der Waals surface area (Å²) in [6, 6.07) is 55.7. The van der Waals surface area contributed by atoms with Gasteiger partial charge >= 0.3 is 0 Å². The van der Waals surface area contributed by atoms with Gasteiger partial charge in [-0.05, 0) is 160 Å². The smallest absolute Gasteiger partial charge is 0.119 e. The van der Waals surface area contributed by atoms with Gasteiger partial charge in [-0.3, -0.25) is 0 Å². The first-order valence-corrected chi connectivity index (χ1v) is 25.2. The number of hydrogen-bond acceptors (Lipinski definition) is 8. The van der Waals surface area contributed by atoms with Crippen molar-refractivity contribution in [3.63, 3.8) is 0 Å². The van der Waals surface area contributed by atoms with Gasteiger partial charge in [0.2, 0.25) is 0 Å². The van der Waals surface area contributed by atoms with Crippen LogP contribution in [0.4, 0.5) is 34.1 Å². The van der Waals surface area contributed by atoms with Crippen LogP contribution in [0.2, 0.25) is 0 Å². The minimum Gasteiger partial charge on any atom is -0.494 e. The Labute approximate surface area is 406 Å². The van der Waals surface area contributed by atoms with E-state index in [1.165, 1.54) is 0 Å². The van der Waals surface area contributed by atoms with Gasteiger partial charge in [0.05, 0.1) is 52.9 Å². The molecule has 0 aromatic heterocycles. The molecule has 2 aliphatic rings. The maximum Gasteiger partial charge on any atom is 0.119 e. The summed E-state index contributed by atoms with van der Waals surface area (Å²) in [6.45, 7) is 12.6. The third-order valence-electron chi connectivity index (χ3n) is 13.7. The third kappa shape index (κ3) is 13.3. The summed E-state index contributed by atoms with van der Waals surface area (Å²) in [5, 5.41) is 0. The zero-order valence-electron chi connectivity index (χ0n) is 40.5. The number of rotatable bonds is 29. The Balaban J connectivity index is 0.829. The Kier molecular flexibility index (Phi) is 18.0. The van der Waals surface area contributed by atoms with Crippen LogP contribution in [0.25, 0.3) is 11.1 Å². The molecular weight excluding hydrogens is 845 g/mol. The molecule has 0 radical (unpaired) electrons. The molecule has 0 amide bonds. The molecule has 2 aliphatic heterocycles. The second kappa shape index (κ2) is 25.1. The molecule has 0 aliphatic carbocycles. The number of nitrogens with zero attached hydrogens (tertiary/aromatic N) is 2. The van der Waals surface area contributed by atoms with Crippen molar-refractivity contribution in [1.82, 2.24) is 0 Å². The van der Waals surface area contributed by atoms with Crippen molar-refractivity contribution >= 4 is 34.1 Å². The molecule has 68 heavy (non-hydrogen) atoms. The van der Waals surface area contributed by atoms with Gasteiger partial charge in [0, 0.05) is 58.2 Å². The number of anilines is 6. The summed E-state index contributed by atoms with van der Waals surface area (Å²) in [4.78, 5) is 4.58. The van der Waals surface area contributed by atoms with Crippen molar-refractivity contribution in [1.29, 1.82) is 0 Å². The van der Waals surface area contributed by atoms with E-state index in [1.807, 2.05) is 0 Å². The maximum atomic E-state index is 6.17. The lowest BCUT2D eigenvalue weighted by Gasteiger charge is -2.40. The van der Waals surface area contributed by atoms with Crippen LogP contribution in [0.1, 0.15) is 78.1 Å². The van der Waals surface area contributed by atoms with Crippen LogP contribution in [0.15, 0.2) is 158 Å². The summed E-state index contributed by atoms with van der Waals surface area (Å²) < 4.78 is 35.1. The fraction of sp³-hybridized carbons (Fsp3) is 0.400.